The van der Waals surface area contributed by atoms with E-state index in [1.54, 1.807) is 0 Å². The van der Waals surface area contributed by atoms with Gasteiger partial charge in [-0.2, -0.15) is 0 Å². The lowest BCUT2D eigenvalue weighted by Gasteiger charge is -2.09. The van der Waals surface area contributed by atoms with Crippen LogP contribution < -0.4 is 0 Å². The average Bonchev–Trinajstić information content (AvgIpc) is 0.884. The monoisotopic (exact) mass is 1440 g/mol. The quantitative estimate of drug-likeness (QED) is 0.145. The minimum absolute atomic E-state index is 0.563. The Balaban J connectivity index is 0.000000134. The van der Waals surface area contributed by atoms with E-state index in [4.69, 9.17) is 0 Å². The van der Waals surface area contributed by atoms with Crippen LogP contribution in [0.25, 0.3) is 97.8 Å². The summed E-state index contributed by atoms with van der Waals surface area (Å²) < 4.78 is 0. The van der Waals surface area contributed by atoms with Gasteiger partial charge in [-0.1, -0.05) is 378 Å². The predicted molar refractivity (Wildman–Crippen MR) is 481 cm³/mol. The SMILES string of the molecule is CC(C)c1ccc(-c2cccc3cccnc23)cc1.CC(C)c1ccc2ccccc2c1.CC(C)c1ccc2ccccc2c1.CC(C)c1ccc2cccnc2c1.CC(C)c1ccc2ncccc2c1.CC(C)c1cccc2ccccc12.CC(C)c1cccc2ccccc12.CC(C)c1cccc2ncccc12. The second-order valence-electron chi connectivity index (χ2n) is 30.9. The summed E-state index contributed by atoms with van der Waals surface area (Å²) in [5.74, 6) is 4.73. The summed E-state index contributed by atoms with van der Waals surface area (Å²) in [5.41, 5.74) is 18.0. The first-order valence-electron chi connectivity index (χ1n) is 39.6. The molecule has 110 heavy (non-hydrogen) atoms. The Bertz CT molecular complexity index is 5150. The summed E-state index contributed by atoms with van der Waals surface area (Å²) in [6.07, 6.45) is 7.37. The van der Waals surface area contributed by atoms with Crippen LogP contribution >= 0.6 is 0 Å². The van der Waals surface area contributed by atoms with Gasteiger partial charge < -0.3 is 0 Å². The topological polar surface area (TPSA) is 51.6 Å². The van der Waals surface area contributed by atoms with E-state index < -0.39 is 0 Å². The number of fused-ring (bicyclic) bond motifs is 8. The van der Waals surface area contributed by atoms with Crippen molar-refractivity contribution >= 4 is 86.7 Å². The van der Waals surface area contributed by atoms with Crippen LogP contribution in [-0.2, 0) is 0 Å². The molecule has 0 atom stereocenters. The summed E-state index contributed by atoms with van der Waals surface area (Å²) in [6, 6.07) is 111. The Hall–Kier alpha value is -11.5. The van der Waals surface area contributed by atoms with E-state index in [9.17, 15) is 0 Å². The van der Waals surface area contributed by atoms with Gasteiger partial charge in [-0.15, -0.1) is 0 Å². The van der Waals surface area contributed by atoms with E-state index in [1.165, 1.54) is 120 Å². The lowest BCUT2D eigenvalue weighted by atomic mass is 9.96. The number of hydrogen-bond donors (Lipinski definition) is 0. The zero-order valence-electron chi connectivity index (χ0n) is 67.7. The maximum atomic E-state index is 4.52. The molecule has 4 heterocycles. The van der Waals surface area contributed by atoms with Crippen LogP contribution in [0.1, 0.15) is 203 Å². The van der Waals surface area contributed by atoms with Crippen LogP contribution in [0.4, 0.5) is 0 Å². The lowest BCUT2D eigenvalue weighted by molar-refractivity contribution is 0.867. The summed E-state index contributed by atoms with van der Waals surface area (Å²) in [6.45, 7) is 35.5. The molecule has 0 saturated carbocycles. The molecule has 0 aliphatic carbocycles. The molecule has 4 nitrogen and oxygen atoms in total. The summed E-state index contributed by atoms with van der Waals surface area (Å²) in [5, 5.41) is 15.7. The van der Waals surface area contributed by atoms with Crippen LogP contribution in [0.5, 0.6) is 0 Å². The molecular formula is C106H112N4. The molecule has 0 aliphatic heterocycles. The number of rotatable bonds is 9. The standard InChI is InChI=1S/C18H17N.4C13H14.3C12H13N/c1-13(2)14-8-10-15(11-9-14)17-7-3-5-16-6-4-12-19-18(16)17;2*1-10(2)12-9-5-7-11-6-3-4-8-13(11)12;2*1-10(2)12-8-7-11-5-3-4-6-13(11)9-12;1-9(2)10-5-3-7-12-11(10)6-4-8-13-12;1-9(2)10-5-6-12-11(8-10)4-3-7-13-12;1-9(2)11-6-5-10-4-3-7-13-12(10)8-11/h3-13H,1-2H3;4*3-10H,1-2H3;3*3-9H,1-2H3. The number of hydrogen-bond acceptors (Lipinski definition) is 4. The van der Waals surface area contributed by atoms with Crippen LogP contribution in [0, 0.1) is 0 Å². The third-order valence-corrected chi connectivity index (χ3v) is 20.2. The Kier molecular flexibility index (Phi) is 29.6. The van der Waals surface area contributed by atoms with Gasteiger partial charge in [0.25, 0.3) is 0 Å². The lowest BCUT2D eigenvalue weighted by Crippen LogP contribution is -1.89. The number of pyridine rings is 4. The van der Waals surface area contributed by atoms with Gasteiger partial charge in [-0.25, -0.2) is 0 Å². The van der Waals surface area contributed by atoms with Gasteiger partial charge in [0.05, 0.1) is 22.1 Å². The van der Waals surface area contributed by atoms with Gasteiger partial charge in [0.15, 0.2) is 0 Å². The van der Waals surface area contributed by atoms with Gasteiger partial charge in [0.2, 0.25) is 0 Å². The average molecular weight is 1440 g/mol. The third kappa shape index (κ3) is 22.4. The van der Waals surface area contributed by atoms with Crippen LogP contribution in [0.2, 0.25) is 0 Å². The summed E-state index contributed by atoms with van der Waals surface area (Å²) in [4.78, 5) is 17.4. The Labute approximate surface area is 656 Å². The normalized spacial score (nSPS) is 11.0. The molecule has 0 radical (unpaired) electrons. The predicted octanol–water partition coefficient (Wildman–Crippen LogP) is 31.0. The highest BCUT2D eigenvalue weighted by Gasteiger charge is 2.10. The van der Waals surface area contributed by atoms with Crippen molar-refractivity contribution < 1.29 is 0 Å². The van der Waals surface area contributed by atoms with E-state index >= 15 is 0 Å². The second-order valence-corrected chi connectivity index (χ2v) is 30.9. The van der Waals surface area contributed by atoms with Crippen molar-refractivity contribution in [3.05, 3.63) is 385 Å². The molecule has 4 heteroatoms. The van der Waals surface area contributed by atoms with Gasteiger partial charge in [-0.05, 0) is 189 Å². The van der Waals surface area contributed by atoms with E-state index in [0.717, 1.165) is 22.1 Å². The molecule has 17 aromatic rings. The number of nitrogens with zero attached hydrogens (tertiary/aromatic N) is 4. The Morgan fingerprint density at radius 1 is 0.182 bits per heavy atom. The molecule has 0 saturated heterocycles. The molecule has 13 aromatic carbocycles. The van der Waals surface area contributed by atoms with Gasteiger partial charge in [0, 0.05) is 51.9 Å². The van der Waals surface area contributed by atoms with Crippen molar-refractivity contribution in [1.82, 2.24) is 19.9 Å². The van der Waals surface area contributed by atoms with E-state index in [1.807, 2.05) is 49.1 Å². The van der Waals surface area contributed by atoms with Crippen molar-refractivity contribution in [2.45, 2.75) is 158 Å². The molecule has 4 aromatic heterocycles. The van der Waals surface area contributed by atoms with Gasteiger partial charge >= 0.3 is 0 Å². The van der Waals surface area contributed by atoms with Gasteiger partial charge in [0.1, 0.15) is 0 Å². The van der Waals surface area contributed by atoms with Crippen molar-refractivity contribution in [3.63, 3.8) is 0 Å². The highest BCUT2D eigenvalue weighted by molar-refractivity contribution is 5.94. The Morgan fingerprint density at radius 2 is 0.509 bits per heavy atom. The number of aromatic nitrogens is 4. The molecule has 0 bridgehead atoms. The van der Waals surface area contributed by atoms with Crippen LogP contribution in [-0.4, -0.2) is 19.9 Å². The Morgan fingerprint density at radius 3 is 1.01 bits per heavy atom. The summed E-state index contributed by atoms with van der Waals surface area (Å²) >= 11 is 0. The number of para-hydroxylation sites is 1. The molecule has 0 unspecified atom stereocenters. The zero-order chi connectivity index (χ0) is 78.1. The molecule has 0 spiro atoms. The highest BCUT2D eigenvalue weighted by Crippen LogP contribution is 2.32. The van der Waals surface area contributed by atoms with Crippen molar-refractivity contribution in [1.29, 1.82) is 0 Å². The van der Waals surface area contributed by atoms with E-state index in [2.05, 4.69) is 422 Å². The van der Waals surface area contributed by atoms with Crippen molar-refractivity contribution in [2.24, 2.45) is 0 Å². The second kappa shape index (κ2) is 40.1. The molecule has 0 aliphatic rings. The van der Waals surface area contributed by atoms with Gasteiger partial charge in [-0.3, -0.25) is 19.9 Å². The fraction of sp³-hybridized carbons (Fsp3) is 0.226. The number of benzene rings is 13. The minimum Gasteiger partial charge on any atom is -0.256 e. The first-order valence-corrected chi connectivity index (χ1v) is 39.6. The van der Waals surface area contributed by atoms with Crippen molar-refractivity contribution in [3.8, 4) is 11.1 Å². The fourth-order valence-corrected chi connectivity index (χ4v) is 13.6. The molecular weight excluding hydrogens is 1330 g/mol. The largest absolute Gasteiger partial charge is 0.256 e. The molecule has 0 N–H and O–H groups in total. The van der Waals surface area contributed by atoms with Crippen LogP contribution in [0.15, 0.2) is 340 Å². The van der Waals surface area contributed by atoms with E-state index in [-0.39, 0.29) is 0 Å². The van der Waals surface area contributed by atoms with E-state index in [0.29, 0.717) is 47.3 Å². The first-order chi connectivity index (χ1) is 53.2. The molecule has 556 valence electrons. The highest BCUT2D eigenvalue weighted by atomic mass is 14.7. The maximum Gasteiger partial charge on any atom is 0.0780 e. The molecule has 17 rings (SSSR count). The third-order valence-electron chi connectivity index (χ3n) is 20.2. The summed E-state index contributed by atoms with van der Waals surface area (Å²) in [7, 11) is 0. The molecule has 0 amide bonds. The molecule has 0 fully saturated rings. The fourth-order valence-electron chi connectivity index (χ4n) is 13.6. The minimum atomic E-state index is 0.563. The van der Waals surface area contributed by atoms with Crippen LogP contribution in [0.3, 0.4) is 0 Å². The van der Waals surface area contributed by atoms with Crippen molar-refractivity contribution in [2.75, 3.05) is 0 Å². The maximum absolute atomic E-state index is 4.52. The first kappa shape index (κ1) is 81.1. The smallest absolute Gasteiger partial charge is 0.0780 e. The zero-order valence-corrected chi connectivity index (χ0v) is 67.7.